The van der Waals surface area contributed by atoms with Crippen molar-refractivity contribution < 1.29 is 13.9 Å². The standard InChI is InChI=1S/C9H13F2N3O/c1-7-4-9(13-6-12-7)14(2-3-15)5-8(10)11/h4,6,8,15H,2-3,5H2,1H3. The molecule has 84 valence electrons. The van der Waals surface area contributed by atoms with E-state index in [-0.39, 0.29) is 13.2 Å². The number of anilines is 1. The Bertz CT molecular complexity index is 309. The molecule has 0 aromatic carbocycles. The minimum atomic E-state index is -2.45. The molecule has 1 N–H and O–H groups in total. The summed E-state index contributed by atoms with van der Waals surface area (Å²) in [4.78, 5) is 9.09. The highest BCUT2D eigenvalue weighted by Gasteiger charge is 2.13. The number of aryl methyl sites for hydroxylation is 1. The average molecular weight is 217 g/mol. The Morgan fingerprint density at radius 3 is 2.73 bits per heavy atom. The summed E-state index contributed by atoms with van der Waals surface area (Å²) in [6.07, 6.45) is -1.13. The number of aliphatic hydroxyl groups is 1. The Kier molecular flexibility index (Phi) is 4.36. The monoisotopic (exact) mass is 217 g/mol. The largest absolute Gasteiger partial charge is 0.395 e. The SMILES string of the molecule is Cc1cc(N(CCO)CC(F)F)ncn1. The highest BCUT2D eigenvalue weighted by atomic mass is 19.3. The Balaban J connectivity index is 2.78. The van der Waals surface area contributed by atoms with Gasteiger partial charge in [-0.15, -0.1) is 0 Å². The van der Waals surface area contributed by atoms with Crippen LogP contribution in [0.2, 0.25) is 0 Å². The first kappa shape index (κ1) is 11.8. The van der Waals surface area contributed by atoms with Crippen molar-refractivity contribution in [3.63, 3.8) is 0 Å². The van der Waals surface area contributed by atoms with Gasteiger partial charge in [-0.05, 0) is 6.92 Å². The Morgan fingerprint density at radius 2 is 2.20 bits per heavy atom. The predicted octanol–water partition coefficient (Wildman–Crippen LogP) is 0.849. The number of halogens is 2. The first-order chi connectivity index (χ1) is 7.13. The number of alkyl halides is 2. The smallest absolute Gasteiger partial charge is 0.255 e. The van der Waals surface area contributed by atoms with Crippen molar-refractivity contribution in [3.8, 4) is 0 Å². The molecule has 1 rings (SSSR count). The number of rotatable bonds is 5. The van der Waals surface area contributed by atoms with Crippen LogP contribution in [0.15, 0.2) is 12.4 Å². The fourth-order valence-corrected chi connectivity index (χ4v) is 1.20. The second-order valence-electron chi connectivity index (χ2n) is 3.08. The second kappa shape index (κ2) is 5.55. The first-order valence-electron chi connectivity index (χ1n) is 4.56. The van der Waals surface area contributed by atoms with Crippen molar-refractivity contribution in [1.82, 2.24) is 9.97 Å². The highest BCUT2D eigenvalue weighted by molar-refractivity contribution is 5.38. The summed E-state index contributed by atoms with van der Waals surface area (Å²) in [5.41, 5.74) is 0.706. The first-order valence-corrected chi connectivity index (χ1v) is 4.56. The molecule has 0 radical (unpaired) electrons. The lowest BCUT2D eigenvalue weighted by Gasteiger charge is -2.22. The van der Waals surface area contributed by atoms with Crippen molar-refractivity contribution in [2.75, 3.05) is 24.6 Å². The molecule has 0 fully saturated rings. The average Bonchev–Trinajstić information content (AvgIpc) is 2.16. The van der Waals surface area contributed by atoms with Crippen molar-refractivity contribution >= 4 is 5.82 Å². The third-order valence-electron chi connectivity index (χ3n) is 1.84. The molecule has 0 atom stereocenters. The van der Waals surface area contributed by atoms with Crippen LogP contribution in [-0.2, 0) is 0 Å². The maximum absolute atomic E-state index is 12.2. The van der Waals surface area contributed by atoms with Gasteiger partial charge in [0, 0.05) is 18.3 Å². The zero-order valence-corrected chi connectivity index (χ0v) is 8.40. The topological polar surface area (TPSA) is 49.2 Å². The third-order valence-corrected chi connectivity index (χ3v) is 1.84. The van der Waals surface area contributed by atoms with Gasteiger partial charge in [-0.3, -0.25) is 0 Å². The lowest BCUT2D eigenvalue weighted by Crippen LogP contribution is -2.32. The number of nitrogens with zero attached hydrogens (tertiary/aromatic N) is 3. The van der Waals surface area contributed by atoms with Crippen LogP contribution in [-0.4, -0.2) is 41.2 Å². The number of hydrogen-bond acceptors (Lipinski definition) is 4. The predicted molar refractivity (Wildman–Crippen MR) is 52.1 cm³/mol. The summed E-state index contributed by atoms with van der Waals surface area (Å²) < 4.78 is 24.5. The number of hydrogen-bond donors (Lipinski definition) is 1. The molecule has 1 heterocycles. The van der Waals surface area contributed by atoms with Crippen LogP contribution in [0, 0.1) is 6.92 Å². The summed E-state index contributed by atoms with van der Waals surface area (Å²) in [5, 5.41) is 8.75. The van der Waals surface area contributed by atoms with Gasteiger partial charge in [0.1, 0.15) is 12.1 Å². The Labute approximate surface area is 86.6 Å². The molecule has 0 bridgehead atoms. The van der Waals surface area contributed by atoms with E-state index in [4.69, 9.17) is 5.11 Å². The van der Waals surface area contributed by atoms with Crippen LogP contribution in [0.1, 0.15) is 5.69 Å². The molecule has 0 saturated carbocycles. The molecule has 4 nitrogen and oxygen atoms in total. The van der Waals surface area contributed by atoms with Gasteiger partial charge >= 0.3 is 0 Å². The zero-order valence-electron chi connectivity index (χ0n) is 8.40. The van der Waals surface area contributed by atoms with Crippen molar-refractivity contribution in [3.05, 3.63) is 18.1 Å². The van der Waals surface area contributed by atoms with E-state index in [1.165, 1.54) is 11.2 Å². The lowest BCUT2D eigenvalue weighted by molar-refractivity contribution is 0.152. The number of aliphatic hydroxyl groups excluding tert-OH is 1. The molecule has 1 aromatic heterocycles. The molecule has 0 spiro atoms. The van der Waals surface area contributed by atoms with Crippen molar-refractivity contribution in [1.29, 1.82) is 0 Å². The molecule has 1 aromatic rings. The maximum atomic E-state index is 12.2. The normalized spacial score (nSPS) is 10.7. The summed E-state index contributed by atoms with van der Waals surface area (Å²) in [6, 6.07) is 1.61. The summed E-state index contributed by atoms with van der Waals surface area (Å²) in [6.45, 7) is 1.28. The van der Waals surface area contributed by atoms with Crippen molar-refractivity contribution in [2.24, 2.45) is 0 Å². The van der Waals surface area contributed by atoms with E-state index < -0.39 is 13.0 Å². The van der Waals surface area contributed by atoms with Gasteiger partial charge in [0.15, 0.2) is 0 Å². The minimum Gasteiger partial charge on any atom is -0.395 e. The second-order valence-corrected chi connectivity index (χ2v) is 3.08. The van der Waals surface area contributed by atoms with Crippen LogP contribution in [0.4, 0.5) is 14.6 Å². The fraction of sp³-hybridized carbons (Fsp3) is 0.556. The summed E-state index contributed by atoms with van der Waals surface area (Å²) in [5.74, 6) is 0.414. The van der Waals surface area contributed by atoms with Crippen LogP contribution >= 0.6 is 0 Å². The van der Waals surface area contributed by atoms with E-state index in [1.54, 1.807) is 13.0 Å². The summed E-state index contributed by atoms with van der Waals surface area (Å²) in [7, 11) is 0. The molecule has 0 amide bonds. The van der Waals surface area contributed by atoms with Gasteiger partial charge in [0.2, 0.25) is 0 Å². The molecule has 0 saturated heterocycles. The van der Waals surface area contributed by atoms with E-state index >= 15 is 0 Å². The van der Waals surface area contributed by atoms with E-state index in [0.29, 0.717) is 11.5 Å². The van der Waals surface area contributed by atoms with Crippen LogP contribution in [0.5, 0.6) is 0 Å². The van der Waals surface area contributed by atoms with Crippen molar-refractivity contribution in [2.45, 2.75) is 13.3 Å². The molecule has 0 aliphatic rings. The molecular weight excluding hydrogens is 204 g/mol. The maximum Gasteiger partial charge on any atom is 0.255 e. The molecule has 6 heteroatoms. The Hall–Kier alpha value is -1.30. The van der Waals surface area contributed by atoms with E-state index in [0.717, 1.165) is 0 Å². The minimum absolute atomic E-state index is 0.140. The highest BCUT2D eigenvalue weighted by Crippen LogP contribution is 2.11. The van der Waals surface area contributed by atoms with Gasteiger partial charge in [0.05, 0.1) is 13.2 Å². The Morgan fingerprint density at radius 1 is 1.47 bits per heavy atom. The molecular formula is C9H13F2N3O. The molecule has 0 aliphatic carbocycles. The van der Waals surface area contributed by atoms with Crippen LogP contribution in [0.3, 0.4) is 0 Å². The van der Waals surface area contributed by atoms with Gasteiger partial charge in [-0.1, -0.05) is 0 Å². The van der Waals surface area contributed by atoms with E-state index in [1.807, 2.05) is 0 Å². The molecule has 15 heavy (non-hydrogen) atoms. The van der Waals surface area contributed by atoms with E-state index in [2.05, 4.69) is 9.97 Å². The third kappa shape index (κ3) is 3.75. The van der Waals surface area contributed by atoms with Gasteiger partial charge < -0.3 is 10.0 Å². The summed E-state index contributed by atoms with van der Waals surface area (Å²) >= 11 is 0. The van der Waals surface area contributed by atoms with Gasteiger partial charge in [-0.25, -0.2) is 18.7 Å². The van der Waals surface area contributed by atoms with Gasteiger partial charge in [0.25, 0.3) is 6.43 Å². The number of aromatic nitrogens is 2. The molecule has 0 unspecified atom stereocenters. The van der Waals surface area contributed by atoms with E-state index in [9.17, 15) is 8.78 Å². The quantitative estimate of drug-likeness (QED) is 0.794. The zero-order chi connectivity index (χ0) is 11.3. The van der Waals surface area contributed by atoms with Crippen LogP contribution < -0.4 is 4.90 Å². The van der Waals surface area contributed by atoms with Crippen LogP contribution in [0.25, 0.3) is 0 Å². The molecule has 0 aliphatic heterocycles. The van der Waals surface area contributed by atoms with Gasteiger partial charge in [-0.2, -0.15) is 0 Å². The lowest BCUT2D eigenvalue weighted by atomic mass is 10.4. The fourth-order valence-electron chi connectivity index (χ4n) is 1.20.